The first-order valence-electron chi connectivity index (χ1n) is 12.8. The molecule has 1 atom stereocenters. The highest BCUT2D eigenvalue weighted by atomic mass is 35.5. The third-order valence-corrected chi connectivity index (χ3v) is 9.03. The van der Waals surface area contributed by atoms with Crippen LogP contribution in [0.1, 0.15) is 38.2 Å². The van der Waals surface area contributed by atoms with Crippen molar-refractivity contribution in [3.63, 3.8) is 0 Å². The summed E-state index contributed by atoms with van der Waals surface area (Å²) < 4.78 is 28.6. The monoisotopic (exact) mass is 587 g/mol. The van der Waals surface area contributed by atoms with E-state index in [1.807, 2.05) is 30.3 Å². The predicted octanol–water partition coefficient (Wildman–Crippen LogP) is 5.66. The van der Waals surface area contributed by atoms with Gasteiger partial charge in [0.25, 0.3) is 10.0 Å². The number of hydrogen-bond acceptors (Lipinski definition) is 4. The van der Waals surface area contributed by atoms with Gasteiger partial charge in [-0.1, -0.05) is 84.6 Å². The van der Waals surface area contributed by atoms with Crippen LogP contribution in [0, 0.1) is 0 Å². The maximum absolute atomic E-state index is 13.9. The fourth-order valence-corrected chi connectivity index (χ4v) is 6.62. The van der Waals surface area contributed by atoms with Crippen LogP contribution in [0.25, 0.3) is 0 Å². The molecule has 2 amide bonds. The fourth-order valence-electron chi connectivity index (χ4n) is 4.69. The lowest BCUT2D eigenvalue weighted by atomic mass is 10.1. The van der Waals surface area contributed by atoms with Crippen molar-refractivity contribution in [2.75, 3.05) is 10.8 Å². The highest BCUT2D eigenvalue weighted by Gasteiger charge is 2.33. The first kappa shape index (κ1) is 28.9. The Labute approximate surface area is 239 Å². The Morgan fingerprint density at radius 1 is 0.923 bits per heavy atom. The summed E-state index contributed by atoms with van der Waals surface area (Å²) in [6.07, 6.45) is 3.93. The van der Waals surface area contributed by atoms with Crippen molar-refractivity contribution >= 4 is 50.7 Å². The van der Waals surface area contributed by atoms with Crippen molar-refractivity contribution in [3.05, 3.63) is 94.5 Å². The van der Waals surface area contributed by atoms with Crippen molar-refractivity contribution in [2.24, 2.45) is 0 Å². The topological polar surface area (TPSA) is 86.8 Å². The lowest BCUT2D eigenvalue weighted by Crippen LogP contribution is -2.52. The lowest BCUT2D eigenvalue weighted by Gasteiger charge is -2.32. The van der Waals surface area contributed by atoms with Gasteiger partial charge in [0, 0.05) is 22.6 Å². The summed E-state index contributed by atoms with van der Waals surface area (Å²) in [5.41, 5.74) is 0.960. The number of anilines is 1. The van der Waals surface area contributed by atoms with Gasteiger partial charge >= 0.3 is 0 Å². The molecule has 0 heterocycles. The molecular weight excluding hydrogens is 557 g/mol. The zero-order valence-corrected chi connectivity index (χ0v) is 23.9. The third-order valence-electron chi connectivity index (χ3n) is 6.81. The molecule has 39 heavy (non-hydrogen) atoms. The molecule has 10 heteroatoms. The summed E-state index contributed by atoms with van der Waals surface area (Å²) in [4.78, 5) is 28.6. The Hall–Kier alpha value is -3.07. The van der Waals surface area contributed by atoms with E-state index in [1.165, 1.54) is 35.2 Å². The average Bonchev–Trinajstić information content (AvgIpc) is 3.43. The normalized spacial score (nSPS) is 14.5. The average molecular weight is 589 g/mol. The molecule has 3 aromatic rings. The molecule has 0 radical (unpaired) electrons. The molecule has 1 saturated carbocycles. The summed E-state index contributed by atoms with van der Waals surface area (Å²) in [7, 11) is -4.19. The zero-order valence-electron chi connectivity index (χ0n) is 21.6. The van der Waals surface area contributed by atoms with E-state index in [-0.39, 0.29) is 39.1 Å². The lowest BCUT2D eigenvalue weighted by molar-refractivity contribution is -0.139. The third kappa shape index (κ3) is 7.32. The van der Waals surface area contributed by atoms with Gasteiger partial charge in [-0.3, -0.25) is 13.9 Å². The number of carbonyl (C=O) groups excluding carboxylic acids is 2. The maximum Gasteiger partial charge on any atom is 0.264 e. The molecule has 0 aromatic heterocycles. The number of sulfonamides is 1. The second kappa shape index (κ2) is 12.9. The summed E-state index contributed by atoms with van der Waals surface area (Å²) in [5.74, 6) is -0.807. The van der Waals surface area contributed by atoms with Gasteiger partial charge in [-0.05, 0) is 55.7 Å². The first-order valence-corrected chi connectivity index (χ1v) is 15.0. The van der Waals surface area contributed by atoms with Crippen LogP contribution in [-0.4, -0.2) is 43.8 Å². The molecule has 0 saturated heterocycles. The molecule has 3 aromatic carbocycles. The number of carbonyl (C=O) groups is 2. The van der Waals surface area contributed by atoms with Crippen LogP contribution in [-0.2, 0) is 26.2 Å². The van der Waals surface area contributed by atoms with Gasteiger partial charge in [0.1, 0.15) is 12.6 Å². The molecule has 1 fully saturated rings. The van der Waals surface area contributed by atoms with Gasteiger partial charge in [0.05, 0.1) is 10.6 Å². The highest BCUT2D eigenvalue weighted by Crippen LogP contribution is 2.30. The Morgan fingerprint density at radius 3 is 2.08 bits per heavy atom. The first-order chi connectivity index (χ1) is 18.6. The highest BCUT2D eigenvalue weighted by molar-refractivity contribution is 7.92. The molecule has 1 aliphatic carbocycles. The van der Waals surface area contributed by atoms with E-state index >= 15 is 0 Å². The standard InChI is InChI=1S/C29H31Cl2N3O4S/c1-21(29(36)32-25-12-8-9-13-25)33(19-22-10-4-2-5-11-22)28(35)20-34(26-17-23(30)16-24(31)18-26)39(37,38)27-14-6-3-7-15-27/h2-7,10-11,14-18,21,25H,8-9,12-13,19-20H2,1H3,(H,32,36). The molecule has 0 bridgehead atoms. The summed E-state index contributed by atoms with van der Waals surface area (Å²) >= 11 is 12.4. The Balaban J connectivity index is 1.69. The van der Waals surface area contributed by atoms with Gasteiger partial charge in [0.15, 0.2) is 0 Å². The zero-order chi connectivity index (χ0) is 28.0. The van der Waals surface area contributed by atoms with E-state index in [4.69, 9.17) is 23.2 Å². The predicted molar refractivity (Wildman–Crippen MR) is 154 cm³/mol. The Kier molecular flexibility index (Phi) is 9.53. The SMILES string of the molecule is CC(C(=O)NC1CCCC1)N(Cc1ccccc1)C(=O)CN(c1cc(Cl)cc(Cl)c1)S(=O)(=O)c1ccccc1. The van der Waals surface area contributed by atoms with E-state index < -0.39 is 28.5 Å². The van der Waals surface area contributed by atoms with Gasteiger partial charge in [0.2, 0.25) is 11.8 Å². The van der Waals surface area contributed by atoms with Crippen LogP contribution in [0.15, 0.2) is 83.8 Å². The Morgan fingerprint density at radius 2 is 1.49 bits per heavy atom. The van der Waals surface area contributed by atoms with Crippen LogP contribution in [0.5, 0.6) is 0 Å². The maximum atomic E-state index is 13.9. The second-order valence-electron chi connectivity index (χ2n) is 9.63. The number of nitrogens with zero attached hydrogens (tertiary/aromatic N) is 2. The number of nitrogens with one attached hydrogen (secondary N) is 1. The number of halogens is 2. The number of benzene rings is 3. The van der Waals surface area contributed by atoms with Gasteiger partial charge in [-0.25, -0.2) is 8.42 Å². The van der Waals surface area contributed by atoms with Gasteiger partial charge in [-0.15, -0.1) is 0 Å². The van der Waals surface area contributed by atoms with Gasteiger partial charge in [-0.2, -0.15) is 0 Å². The molecular formula is C29H31Cl2N3O4S. The van der Waals surface area contributed by atoms with Crippen LogP contribution < -0.4 is 9.62 Å². The smallest absolute Gasteiger partial charge is 0.264 e. The van der Waals surface area contributed by atoms with E-state index in [0.29, 0.717) is 0 Å². The molecule has 0 spiro atoms. The largest absolute Gasteiger partial charge is 0.352 e. The fraction of sp³-hybridized carbons (Fsp3) is 0.310. The molecule has 1 N–H and O–H groups in total. The van der Waals surface area contributed by atoms with E-state index in [1.54, 1.807) is 25.1 Å². The summed E-state index contributed by atoms with van der Waals surface area (Å²) in [6, 6.07) is 20.7. The molecule has 4 rings (SSSR count). The van der Waals surface area contributed by atoms with Crippen molar-refractivity contribution in [3.8, 4) is 0 Å². The van der Waals surface area contributed by atoms with E-state index in [0.717, 1.165) is 35.6 Å². The summed E-state index contributed by atoms with van der Waals surface area (Å²) in [6.45, 7) is 1.24. The van der Waals surface area contributed by atoms with Crippen molar-refractivity contribution < 1.29 is 18.0 Å². The number of rotatable bonds is 10. The molecule has 0 aliphatic heterocycles. The summed E-state index contributed by atoms with van der Waals surface area (Å²) in [5, 5.41) is 3.51. The molecule has 7 nitrogen and oxygen atoms in total. The minimum atomic E-state index is -4.19. The van der Waals surface area contributed by atoms with E-state index in [2.05, 4.69) is 5.32 Å². The van der Waals surface area contributed by atoms with Crippen molar-refractivity contribution in [1.29, 1.82) is 0 Å². The molecule has 1 aliphatic rings. The van der Waals surface area contributed by atoms with Crippen LogP contribution >= 0.6 is 23.2 Å². The van der Waals surface area contributed by atoms with E-state index in [9.17, 15) is 18.0 Å². The van der Waals surface area contributed by atoms with Gasteiger partial charge < -0.3 is 10.2 Å². The van der Waals surface area contributed by atoms with Crippen molar-refractivity contribution in [1.82, 2.24) is 10.2 Å². The second-order valence-corrected chi connectivity index (χ2v) is 12.4. The van der Waals surface area contributed by atoms with Crippen LogP contribution in [0.3, 0.4) is 0 Å². The quantitative estimate of drug-likeness (QED) is 0.331. The molecule has 206 valence electrons. The Bertz CT molecular complexity index is 1380. The van der Waals surface area contributed by atoms with Crippen LogP contribution in [0.2, 0.25) is 10.0 Å². The van der Waals surface area contributed by atoms with Crippen LogP contribution in [0.4, 0.5) is 5.69 Å². The minimum Gasteiger partial charge on any atom is -0.352 e. The number of amides is 2. The molecule has 1 unspecified atom stereocenters. The minimum absolute atomic E-state index is 0.00975. The van der Waals surface area contributed by atoms with Crippen molar-refractivity contribution in [2.45, 2.75) is 56.1 Å². The number of hydrogen-bond donors (Lipinski definition) is 1.